The molecule has 108 valence electrons. The molecule has 7 nitrogen and oxygen atoms in total. The standard InChI is InChI=1S/C13H17N3O4/c1-13(2,3)20-12(18)14-7-5-6-9-8-15-16-10(9)11(17)19-4/h8H,7H2,1-4H3,(H,14,18)(H,15,16). The van der Waals surface area contributed by atoms with Gasteiger partial charge in [0, 0.05) is 0 Å². The predicted octanol–water partition coefficient (Wildman–Crippen LogP) is 1.07. The Morgan fingerprint density at radius 2 is 2.15 bits per heavy atom. The summed E-state index contributed by atoms with van der Waals surface area (Å²) in [6.07, 6.45) is 0.861. The minimum absolute atomic E-state index is 0.0979. The number of nitrogens with zero attached hydrogens (tertiary/aromatic N) is 1. The number of aromatic amines is 1. The second-order valence-electron chi connectivity index (χ2n) is 4.81. The quantitative estimate of drug-likeness (QED) is 0.624. The highest BCUT2D eigenvalue weighted by atomic mass is 16.6. The van der Waals surface area contributed by atoms with Crippen molar-refractivity contribution in [2.45, 2.75) is 26.4 Å². The van der Waals surface area contributed by atoms with Crippen molar-refractivity contribution in [3.8, 4) is 11.8 Å². The number of carbonyl (C=O) groups is 2. The Bertz CT molecular complexity index is 546. The molecular formula is C13H17N3O4. The average Bonchev–Trinajstić information content (AvgIpc) is 2.79. The van der Waals surface area contributed by atoms with Gasteiger partial charge in [0.1, 0.15) is 5.60 Å². The van der Waals surface area contributed by atoms with E-state index in [1.54, 1.807) is 20.8 Å². The number of nitrogens with one attached hydrogen (secondary N) is 2. The molecule has 20 heavy (non-hydrogen) atoms. The summed E-state index contributed by atoms with van der Waals surface area (Å²) in [5.41, 5.74) is 0.0280. The summed E-state index contributed by atoms with van der Waals surface area (Å²) in [5.74, 6) is 4.86. The summed E-state index contributed by atoms with van der Waals surface area (Å²) in [7, 11) is 1.27. The zero-order valence-corrected chi connectivity index (χ0v) is 11.9. The number of alkyl carbamates (subject to hydrolysis) is 1. The Morgan fingerprint density at radius 1 is 1.45 bits per heavy atom. The Labute approximate surface area is 117 Å². The molecule has 0 saturated carbocycles. The topological polar surface area (TPSA) is 93.3 Å². The number of carbonyl (C=O) groups excluding carboxylic acids is 2. The minimum atomic E-state index is -0.555. The average molecular weight is 279 g/mol. The maximum atomic E-state index is 11.3. The number of hydrogen-bond acceptors (Lipinski definition) is 5. The van der Waals surface area contributed by atoms with Crippen LogP contribution in [-0.2, 0) is 9.47 Å². The third kappa shape index (κ3) is 5.02. The van der Waals surface area contributed by atoms with E-state index in [1.807, 2.05) is 0 Å². The molecule has 0 fully saturated rings. The lowest BCUT2D eigenvalue weighted by molar-refractivity contribution is 0.0533. The number of rotatable bonds is 2. The van der Waals surface area contributed by atoms with Gasteiger partial charge in [0.25, 0.3) is 0 Å². The van der Waals surface area contributed by atoms with Gasteiger partial charge in [-0.25, -0.2) is 9.59 Å². The van der Waals surface area contributed by atoms with Gasteiger partial charge in [0.2, 0.25) is 0 Å². The molecule has 1 heterocycles. The molecule has 1 aromatic heterocycles. The molecule has 0 unspecified atom stereocenters. The van der Waals surface area contributed by atoms with Crippen molar-refractivity contribution < 1.29 is 19.1 Å². The fourth-order valence-electron chi connectivity index (χ4n) is 1.21. The van der Waals surface area contributed by atoms with Crippen LogP contribution in [0.5, 0.6) is 0 Å². The normalized spacial score (nSPS) is 10.2. The number of hydrogen-bond donors (Lipinski definition) is 2. The van der Waals surface area contributed by atoms with Crippen LogP contribution in [0.1, 0.15) is 36.8 Å². The summed E-state index contributed by atoms with van der Waals surface area (Å²) in [5, 5.41) is 8.69. The summed E-state index contributed by atoms with van der Waals surface area (Å²) >= 11 is 0. The van der Waals surface area contributed by atoms with E-state index in [0.29, 0.717) is 5.56 Å². The maximum Gasteiger partial charge on any atom is 0.408 e. The molecule has 1 aromatic rings. The van der Waals surface area contributed by atoms with Gasteiger partial charge < -0.3 is 14.8 Å². The third-order valence-corrected chi connectivity index (χ3v) is 1.97. The van der Waals surface area contributed by atoms with E-state index in [-0.39, 0.29) is 12.2 Å². The van der Waals surface area contributed by atoms with Crippen LogP contribution >= 0.6 is 0 Å². The van der Waals surface area contributed by atoms with Gasteiger partial charge >= 0.3 is 12.1 Å². The lowest BCUT2D eigenvalue weighted by Gasteiger charge is -2.18. The largest absolute Gasteiger partial charge is 0.464 e. The number of ether oxygens (including phenoxy) is 2. The van der Waals surface area contributed by atoms with E-state index in [2.05, 4.69) is 32.1 Å². The highest BCUT2D eigenvalue weighted by Crippen LogP contribution is 2.06. The SMILES string of the molecule is COC(=O)c1[nH]ncc1C#CCNC(=O)OC(C)(C)C. The van der Waals surface area contributed by atoms with Gasteiger partial charge in [-0.1, -0.05) is 11.8 Å². The number of H-pyrrole nitrogens is 1. The van der Waals surface area contributed by atoms with Crippen molar-refractivity contribution in [1.82, 2.24) is 15.5 Å². The van der Waals surface area contributed by atoms with E-state index in [9.17, 15) is 9.59 Å². The lowest BCUT2D eigenvalue weighted by atomic mass is 10.2. The highest BCUT2D eigenvalue weighted by molar-refractivity contribution is 5.89. The summed E-state index contributed by atoms with van der Waals surface area (Å²) in [6, 6.07) is 0. The monoisotopic (exact) mass is 279 g/mol. The van der Waals surface area contributed by atoms with Gasteiger partial charge in [-0.05, 0) is 20.8 Å². The van der Waals surface area contributed by atoms with Gasteiger partial charge in [0.15, 0.2) is 5.69 Å². The zero-order chi connectivity index (χ0) is 15.2. The van der Waals surface area contributed by atoms with Crippen LogP contribution in [0.15, 0.2) is 6.20 Å². The van der Waals surface area contributed by atoms with Crippen LogP contribution < -0.4 is 5.32 Å². The summed E-state index contributed by atoms with van der Waals surface area (Å²) < 4.78 is 9.61. The van der Waals surface area contributed by atoms with E-state index in [4.69, 9.17) is 4.74 Å². The molecule has 7 heteroatoms. The van der Waals surface area contributed by atoms with E-state index in [1.165, 1.54) is 13.3 Å². The predicted molar refractivity (Wildman–Crippen MR) is 71.0 cm³/mol. The summed E-state index contributed by atoms with van der Waals surface area (Å²) in [6.45, 7) is 5.41. The molecule has 0 aliphatic carbocycles. The van der Waals surface area contributed by atoms with Crippen molar-refractivity contribution in [2.75, 3.05) is 13.7 Å². The van der Waals surface area contributed by atoms with Gasteiger partial charge in [-0.15, -0.1) is 0 Å². The Balaban J connectivity index is 2.54. The molecule has 0 aliphatic heterocycles. The van der Waals surface area contributed by atoms with Crippen LogP contribution in [0.2, 0.25) is 0 Å². The Morgan fingerprint density at radius 3 is 2.75 bits per heavy atom. The molecule has 0 bridgehead atoms. The van der Waals surface area contributed by atoms with Crippen LogP contribution in [0, 0.1) is 11.8 Å². The van der Waals surface area contributed by atoms with Crippen LogP contribution in [0.25, 0.3) is 0 Å². The van der Waals surface area contributed by atoms with Crippen LogP contribution in [0.3, 0.4) is 0 Å². The van der Waals surface area contributed by atoms with Gasteiger partial charge in [-0.2, -0.15) is 5.10 Å². The highest BCUT2D eigenvalue weighted by Gasteiger charge is 2.15. The van der Waals surface area contributed by atoms with E-state index >= 15 is 0 Å². The zero-order valence-electron chi connectivity index (χ0n) is 11.9. The Hall–Kier alpha value is -2.49. The van der Waals surface area contributed by atoms with E-state index < -0.39 is 17.7 Å². The molecular weight excluding hydrogens is 262 g/mol. The second kappa shape index (κ2) is 6.61. The van der Waals surface area contributed by atoms with Crippen LogP contribution in [-0.4, -0.2) is 41.5 Å². The van der Waals surface area contributed by atoms with E-state index in [0.717, 1.165) is 0 Å². The van der Waals surface area contributed by atoms with Crippen molar-refractivity contribution >= 4 is 12.1 Å². The number of esters is 1. The molecule has 0 aliphatic rings. The van der Waals surface area contributed by atoms with Crippen molar-refractivity contribution in [1.29, 1.82) is 0 Å². The van der Waals surface area contributed by atoms with Gasteiger partial charge in [-0.3, -0.25) is 5.10 Å². The molecule has 0 atom stereocenters. The molecule has 1 amide bonds. The van der Waals surface area contributed by atoms with Crippen LogP contribution in [0.4, 0.5) is 4.79 Å². The van der Waals surface area contributed by atoms with Gasteiger partial charge in [0.05, 0.1) is 25.4 Å². The number of methoxy groups -OCH3 is 1. The molecule has 2 N–H and O–H groups in total. The first kappa shape index (κ1) is 15.6. The second-order valence-corrected chi connectivity index (χ2v) is 4.81. The number of aromatic nitrogens is 2. The lowest BCUT2D eigenvalue weighted by Crippen LogP contribution is -2.32. The first-order valence-electron chi connectivity index (χ1n) is 5.91. The molecule has 0 saturated heterocycles. The smallest absolute Gasteiger partial charge is 0.408 e. The first-order valence-corrected chi connectivity index (χ1v) is 5.91. The van der Waals surface area contributed by atoms with Crippen molar-refractivity contribution in [2.24, 2.45) is 0 Å². The molecule has 1 rings (SSSR count). The molecule has 0 spiro atoms. The van der Waals surface area contributed by atoms with Crippen molar-refractivity contribution in [3.05, 3.63) is 17.5 Å². The molecule has 0 aromatic carbocycles. The maximum absolute atomic E-state index is 11.3. The van der Waals surface area contributed by atoms with Crippen molar-refractivity contribution in [3.63, 3.8) is 0 Å². The fraction of sp³-hybridized carbons (Fsp3) is 0.462. The number of amides is 1. The molecule has 0 radical (unpaired) electrons. The minimum Gasteiger partial charge on any atom is -0.464 e. The fourth-order valence-corrected chi connectivity index (χ4v) is 1.21. The summed E-state index contributed by atoms with van der Waals surface area (Å²) in [4.78, 5) is 22.7. The Kier molecular flexibility index (Phi) is 5.15. The third-order valence-electron chi connectivity index (χ3n) is 1.97. The first-order chi connectivity index (χ1) is 9.33.